The molecule has 4 aromatic carbocycles. The third kappa shape index (κ3) is 4.93. The molecule has 4 aromatic rings. The first-order valence-corrected chi connectivity index (χ1v) is 14.0. The number of hydrogen-bond donors (Lipinski definition) is 2. The number of anilines is 2. The van der Waals surface area contributed by atoms with E-state index in [1.54, 1.807) is 84.9 Å². The van der Waals surface area contributed by atoms with Crippen molar-refractivity contribution in [1.82, 2.24) is 0 Å². The molecular weight excluding hydrogens is 468 g/mol. The van der Waals surface area contributed by atoms with Gasteiger partial charge in [0.25, 0.3) is 20.0 Å². The summed E-state index contributed by atoms with van der Waals surface area (Å²) < 4.78 is 57.2. The highest BCUT2D eigenvalue weighted by atomic mass is 32.2. The van der Waals surface area contributed by atoms with E-state index in [1.807, 2.05) is 13.8 Å². The Morgan fingerprint density at radius 2 is 0.882 bits per heavy atom. The van der Waals surface area contributed by atoms with Gasteiger partial charge in [-0.25, -0.2) is 16.8 Å². The number of sulfonamides is 2. The molecule has 0 amide bonds. The predicted octanol–water partition coefficient (Wildman–Crippen LogP) is 5.57. The van der Waals surface area contributed by atoms with Gasteiger partial charge in [0.1, 0.15) is 0 Å². The minimum Gasteiger partial charge on any atom is -0.279 e. The minimum atomic E-state index is -3.82. The van der Waals surface area contributed by atoms with Crippen molar-refractivity contribution in [3.8, 4) is 0 Å². The molecule has 0 unspecified atom stereocenters. The van der Waals surface area contributed by atoms with E-state index in [2.05, 4.69) is 9.44 Å². The van der Waals surface area contributed by atoms with Crippen LogP contribution in [0.3, 0.4) is 0 Å². The number of benzene rings is 4. The van der Waals surface area contributed by atoms with Crippen LogP contribution in [0.4, 0.5) is 11.4 Å². The fraction of sp³-hybridized carbons (Fsp3) is 0.154. The summed E-state index contributed by atoms with van der Waals surface area (Å²) in [5.41, 5.74) is 2.83. The van der Waals surface area contributed by atoms with Crippen molar-refractivity contribution >= 4 is 42.2 Å². The summed E-state index contributed by atoms with van der Waals surface area (Å²) in [7, 11) is -7.63. The Hall–Kier alpha value is -3.36. The molecule has 0 spiro atoms. The molecule has 176 valence electrons. The zero-order valence-corrected chi connectivity index (χ0v) is 20.6. The van der Waals surface area contributed by atoms with Crippen molar-refractivity contribution in [1.29, 1.82) is 0 Å². The van der Waals surface area contributed by atoms with Crippen molar-refractivity contribution < 1.29 is 16.8 Å². The van der Waals surface area contributed by atoms with E-state index in [4.69, 9.17) is 0 Å². The molecule has 0 saturated carbocycles. The van der Waals surface area contributed by atoms with Crippen molar-refractivity contribution in [3.05, 3.63) is 96.1 Å². The lowest BCUT2D eigenvalue weighted by Crippen LogP contribution is -2.15. The standard InChI is InChI=1S/C26H26N2O4S2/c1-3-19-9-13-21(14-10-19)33(29,30)27-25-17-18-26(24-8-6-5-7-23(24)25)28-34(31,32)22-15-11-20(4-2)12-16-22/h5-18,27-28H,3-4H2,1-2H3. The molecule has 6 nitrogen and oxygen atoms in total. The Kier molecular flexibility index (Phi) is 6.63. The highest BCUT2D eigenvalue weighted by Crippen LogP contribution is 2.32. The molecule has 0 heterocycles. The Morgan fingerprint density at radius 1 is 0.529 bits per heavy atom. The maximum absolute atomic E-state index is 13.0. The van der Waals surface area contributed by atoms with E-state index in [0.29, 0.717) is 22.1 Å². The van der Waals surface area contributed by atoms with Gasteiger partial charge in [-0.15, -0.1) is 0 Å². The lowest BCUT2D eigenvalue weighted by molar-refractivity contribution is 0.599. The smallest absolute Gasteiger partial charge is 0.261 e. The summed E-state index contributed by atoms with van der Waals surface area (Å²) in [4.78, 5) is 0.322. The number of fused-ring (bicyclic) bond motifs is 1. The third-order valence-electron chi connectivity index (χ3n) is 5.70. The summed E-state index contributed by atoms with van der Waals surface area (Å²) in [6, 6.07) is 23.7. The van der Waals surface area contributed by atoms with Crippen molar-refractivity contribution in [2.45, 2.75) is 36.5 Å². The van der Waals surface area contributed by atoms with Crippen LogP contribution in [0.2, 0.25) is 0 Å². The second-order valence-corrected chi connectivity index (χ2v) is 11.3. The zero-order valence-electron chi connectivity index (χ0n) is 18.9. The van der Waals surface area contributed by atoms with E-state index in [9.17, 15) is 16.8 Å². The van der Waals surface area contributed by atoms with Gasteiger partial charge < -0.3 is 0 Å². The lowest BCUT2D eigenvalue weighted by atomic mass is 10.1. The molecule has 0 radical (unpaired) electrons. The van der Waals surface area contributed by atoms with Crippen LogP contribution in [-0.2, 0) is 32.9 Å². The van der Waals surface area contributed by atoms with Gasteiger partial charge in [-0.1, -0.05) is 62.4 Å². The molecule has 0 aromatic heterocycles. The minimum absolute atomic E-state index is 0.161. The zero-order chi connectivity index (χ0) is 24.3. The van der Waals surface area contributed by atoms with Crippen LogP contribution in [0.15, 0.2) is 94.7 Å². The molecule has 0 saturated heterocycles. The molecule has 0 aliphatic carbocycles. The van der Waals surface area contributed by atoms with E-state index in [1.165, 1.54) is 0 Å². The summed E-state index contributed by atoms with van der Waals surface area (Å²) in [6.07, 6.45) is 1.64. The Labute approximate surface area is 200 Å². The normalized spacial score (nSPS) is 11.9. The Morgan fingerprint density at radius 3 is 1.21 bits per heavy atom. The quantitative estimate of drug-likeness (QED) is 0.335. The monoisotopic (exact) mass is 494 g/mol. The van der Waals surface area contributed by atoms with Gasteiger partial charge in [0.15, 0.2) is 0 Å². The topological polar surface area (TPSA) is 92.3 Å². The van der Waals surface area contributed by atoms with Gasteiger partial charge in [-0.3, -0.25) is 9.44 Å². The van der Waals surface area contributed by atoms with Crippen LogP contribution in [0.1, 0.15) is 25.0 Å². The first-order valence-electron chi connectivity index (χ1n) is 11.0. The second kappa shape index (κ2) is 9.48. The molecule has 0 aliphatic heterocycles. The predicted molar refractivity (Wildman–Crippen MR) is 137 cm³/mol. The average molecular weight is 495 g/mol. The molecule has 0 fully saturated rings. The van der Waals surface area contributed by atoms with Crippen LogP contribution in [-0.4, -0.2) is 16.8 Å². The largest absolute Gasteiger partial charge is 0.279 e. The number of nitrogens with one attached hydrogen (secondary N) is 2. The van der Waals surface area contributed by atoms with Gasteiger partial charge in [0, 0.05) is 10.8 Å². The maximum atomic E-state index is 13.0. The summed E-state index contributed by atoms with van der Waals surface area (Å²) >= 11 is 0. The molecule has 0 bridgehead atoms. The average Bonchev–Trinajstić information content (AvgIpc) is 2.85. The Balaban J connectivity index is 1.68. The highest BCUT2D eigenvalue weighted by Gasteiger charge is 2.19. The van der Waals surface area contributed by atoms with Crippen molar-refractivity contribution in [3.63, 3.8) is 0 Å². The van der Waals surface area contributed by atoms with Gasteiger partial charge in [-0.2, -0.15) is 0 Å². The number of aryl methyl sites for hydroxylation is 2. The van der Waals surface area contributed by atoms with Crippen LogP contribution < -0.4 is 9.44 Å². The van der Waals surface area contributed by atoms with Gasteiger partial charge >= 0.3 is 0 Å². The number of hydrogen-bond acceptors (Lipinski definition) is 4. The first-order chi connectivity index (χ1) is 16.2. The van der Waals surface area contributed by atoms with Crippen molar-refractivity contribution in [2.75, 3.05) is 9.44 Å². The number of rotatable bonds is 8. The third-order valence-corrected chi connectivity index (χ3v) is 8.46. The lowest BCUT2D eigenvalue weighted by Gasteiger charge is -2.15. The van der Waals surface area contributed by atoms with Crippen LogP contribution in [0.25, 0.3) is 10.8 Å². The van der Waals surface area contributed by atoms with Crippen LogP contribution in [0, 0.1) is 0 Å². The maximum Gasteiger partial charge on any atom is 0.261 e. The van der Waals surface area contributed by atoms with Gasteiger partial charge in [-0.05, 0) is 60.4 Å². The summed E-state index contributed by atoms with van der Waals surface area (Å²) in [5.74, 6) is 0. The van der Waals surface area contributed by atoms with E-state index in [-0.39, 0.29) is 9.79 Å². The molecule has 2 N–H and O–H groups in total. The highest BCUT2D eigenvalue weighted by molar-refractivity contribution is 7.93. The fourth-order valence-electron chi connectivity index (χ4n) is 3.69. The molecule has 0 aliphatic rings. The van der Waals surface area contributed by atoms with Crippen LogP contribution in [0.5, 0.6) is 0 Å². The van der Waals surface area contributed by atoms with Gasteiger partial charge in [0.05, 0.1) is 21.2 Å². The fourth-order valence-corrected chi connectivity index (χ4v) is 5.85. The van der Waals surface area contributed by atoms with Crippen molar-refractivity contribution in [2.24, 2.45) is 0 Å². The SMILES string of the molecule is CCc1ccc(S(=O)(=O)Nc2ccc(NS(=O)(=O)c3ccc(CC)cc3)c3ccccc23)cc1. The van der Waals surface area contributed by atoms with Gasteiger partial charge in [0.2, 0.25) is 0 Å². The summed E-state index contributed by atoms with van der Waals surface area (Å²) in [5, 5.41) is 1.16. The molecule has 8 heteroatoms. The molecule has 4 rings (SSSR count). The first kappa shape index (κ1) is 23.8. The molecule has 34 heavy (non-hydrogen) atoms. The summed E-state index contributed by atoms with van der Waals surface area (Å²) in [6.45, 7) is 4.01. The Bertz CT molecular complexity index is 1410. The van der Waals surface area contributed by atoms with E-state index in [0.717, 1.165) is 24.0 Å². The molecule has 0 atom stereocenters. The van der Waals surface area contributed by atoms with Crippen LogP contribution >= 0.6 is 0 Å². The molecular formula is C26H26N2O4S2. The second-order valence-electron chi connectivity index (χ2n) is 7.91. The van der Waals surface area contributed by atoms with E-state index >= 15 is 0 Å². The van der Waals surface area contributed by atoms with E-state index < -0.39 is 20.0 Å².